The van der Waals surface area contributed by atoms with Gasteiger partial charge >= 0.3 is 0 Å². The largest absolute Gasteiger partial charge is 0.321 e. The summed E-state index contributed by atoms with van der Waals surface area (Å²) in [6.45, 7) is 1.49. The SMILES string of the molecule is CC(=O)c1c(C(=O)Nc2cc(-c3ccccc3)ccc2-c2ccccc2)cccc1-n1c2cc(-c3cccc(C#N)c3)ccc2c2ccc(-c3cccc(C#N)c3)cc21. The standard InChI is InChI=1S/C53H34N4O2/c1-34(58)52-47(53(59)56-48-29-41(37-13-4-2-5-14-37)21-24-44(48)38-15-6-3-7-16-38)19-10-20-49(52)57-50-30-42(39-17-8-11-35(27-39)32-54)22-25-45(50)46-26-23-43(31-51(46)57)40-18-9-12-36(28-40)33-55/h2-31H,1H3,(H,56,59). The summed E-state index contributed by atoms with van der Waals surface area (Å²) < 4.78 is 2.05. The fraction of sp³-hybridized carbons (Fsp3) is 0.0189. The molecule has 9 aromatic rings. The first-order valence-electron chi connectivity index (χ1n) is 19.2. The number of nitrogens with zero attached hydrogens (tertiary/aromatic N) is 3. The fourth-order valence-electron chi connectivity index (χ4n) is 7.98. The summed E-state index contributed by atoms with van der Waals surface area (Å²) in [5.41, 5.74) is 11.7. The van der Waals surface area contributed by atoms with Crippen LogP contribution in [-0.2, 0) is 0 Å². The van der Waals surface area contributed by atoms with Gasteiger partial charge in [-0.1, -0.05) is 127 Å². The first-order chi connectivity index (χ1) is 28.9. The molecular formula is C53H34N4O2. The van der Waals surface area contributed by atoms with E-state index in [9.17, 15) is 20.1 Å². The Kier molecular flexibility index (Phi) is 9.43. The average molecular weight is 759 g/mol. The second kappa shape index (κ2) is 15.3. The molecule has 0 saturated carbocycles. The molecular weight excluding hydrogens is 725 g/mol. The van der Waals surface area contributed by atoms with E-state index in [-0.39, 0.29) is 16.9 Å². The van der Waals surface area contributed by atoms with Gasteiger partial charge in [-0.25, -0.2) is 0 Å². The molecule has 0 fully saturated rings. The highest BCUT2D eigenvalue weighted by Crippen LogP contribution is 2.39. The molecule has 0 saturated heterocycles. The van der Waals surface area contributed by atoms with Crippen LogP contribution in [0.3, 0.4) is 0 Å². The number of carbonyl (C=O) groups excluding carboxylic acids is 2. The second-order valence-corrected chi connectivity index (χ2v) is 14.4. The van der Waals surface area contributed by atoms with Gasteiger partial charge in [0.15, 0.2) is 5.78 Å². The van der Waals surface area contributed by atoms with E-state index >= 15 is 0 Å². The Morgan fingerprint density at radius 2 is 0.983 bits per heavy atom. The Morgan fingerprint density at radius 1 is 0.492 bits per heavy atom. The number of amides is 1. The number of fused-ring (bicyclic) bond motifs is 3. The van der Waals surface area contributed by atoms with Gasteiger partial charge in [-0.2, -0.15) is 10.5 Å². The average Bonchev–Trinajstić information content (AvgIpc) is 3.62. The molecule has 1 heterocycles. The minimum Gasteiger partial charge on any atom is -0.321 e. The number of ketones is 1. The van der Waals surface area contributed by atoms with Crippen LogP contribution in [0.2, 0.25) is 0 Å². The van der Waals surface area contributed by atoms with Crippen molar-refractivity contribution in [2.45, 2.75) is 6.92 Å². The normalized spacial score (nSPS) is 10.9. The molecule has 0 aliphatic rings. The molecule has 0 radical (unpaired) electrons. The third kappa shape index (κ3) is 6.82. The van der Waals surface area contributed by atoms with Gasteiger partial charge in [-0.05, 0) is 100 Å². The summed E-state index contributed by atoms with van der Waals surface area (Å²) in [6.07, 6.45) is 0. The zero-order valence-electron chi connectivity index (χ0n) is 32.0. The van der Waals surface area contributed by atoms with Gasteiger partial charge in [-0.15, -0.1) is 0 Å². The Labute approximate surface area is 341 Å². The maximum absolute atomic E-state index is 14.7. The summed E-state index contributed by atoms with van der Waals surface area (Å²) in [5.74, 6) is -0.680. The molecule has 6 nitrogen and oxygen atoms in total. The maximum atomic E-state index is 14.7. The monoisotopic (exact) mass is 758 g/mol. The lowest BCUT2D eigenvalue weighted by molar-refractivity contribution is 0.0985. The zero-order chi connectivity index (χ0) is 40.5. The molecule has 0 bridgehead atoms. The van der Waals surface area contributed by atoms with Crippen molar-refractivity contribution < 1.29 is 9.59 Å². The molecule has 0 atom stereocenters. The summed E-state index contributed by atoms with van der Waals surface area (Å²) in [7, 11) is 0. The summed E-state index contributed by atoms with van der Waals surface area (Å²) in [5, 5.41) is 24.5. The number of hydrogen-bond donors (Lipinski definition) is 1. The predicted molar refractivity (Wildman–Crippen MR) is 236 cm³/mol. The summed E-state index contributed by atoms with van der Waals surface area (Å²) >= 11 is 0. The Morgan fingerprint density at radius 3 is 1.54 bits per heavy atom. The van der Waals surface area contributed by atoms with Crippen molar-refractivity contribution in [1.29, 1.82) is 10.5 Å². The Bertz CT molecular complexity index is 3090. The van der Waals surface area contributed by atoms with Crippen LogP contribution < -0.4 is 5.32 Å². The van der Waals surface area contributed by atoms with Crippen molar-refractivity contribution in [3.8, 4) is 62.3 Å². The van der Waals surface area contributed by atoms with E-state index in [0.717, 1.165) is 66.3 Å². The van der Waals surface area contributed by atoms with Crippen LogP contribution in [0.1, 0.15) is 38.8 Å². The fourth-order valence-corrected chi connectivity index (χ4v) is 7.98. The highest BCUT2D eigenvalue weighted by molar-refractivity contribution is 6.17. The number of carbonyl (C=O) groups is 2. The number of aromatic nitrogens is 1. The van der Waals surface area contributed by atoms with E-state index in [1.165, 1.54) is 6.92 Å². The molecule has 0 unspecified atom stereocenters. The van der Waals surface area contributed by atoms with Gasteiger partial charge in [0.25, 0.3) is 5.91 Å². The molecule has 0 spiro atoms. The zero-order valence-corrected chi connectivity index (χ0v) is 32.0. The molecule has 8 aromatic carbocycles. The lowest BCUT2D eigenvalue weighted by atomic mass is 9.97. The van der Waals surface area contributed by atoms with Gasteiger partial charge in [0.2, 0.25) is 0 Å². The molecule has 9 rings (SSSR count). The van der Waals surface area contributed by atoms with Crippen LogP contribution >= 0.6 is 0 Å². The second-order valence-electron chi connectivity index (χ2n) is 14.4. The van der Waals surface area contributed by atoms with Crippen molar-refractivity contribution >= 4 is 39.2 Å². The van der Waals surface area contributed by atoms with Crippen LogP contribution in [0.4, 0.5) is 5.69 Å². The number of nitrogens with one attached hydrogen (secondary N) is 1. The minimum atomic E-state index is -0.414. The molecule has 1 amide bonds. The van der Waals surface area contributed by atoms with Gasteiger partial charge in [-0.3, -0.25) is 9.59 Å². The predicted octanol–water partition coefficient (Wildman–Crippen LogP) is 12.6. The smallest absolute Gasteiger partial charge is 0.256 e. The number of hydrogen-bond acceptors (Lipinski definition) is 4. The van der Waals surface area contributed by atoms with Gasteiger partial charge in [0.05, 0.1) is 51.1 Å². The number of rotatable bonds is 8. The summed E-state index contributed by atoms with van der Waals surface area (Å²) in [4.78, 5) is 28.7. The van der Waals surface area contributed by atoms with Crippen LogP contribution in [0.5, 0.6) is 0 Å². The topological polar surface area (TPSA) is 98.7 Å². The maximum Gasteiger partial charge on any atom is 0.256 e. The van der Waals surface area contributed by atoms with Crippen molar-refractivity contribution in [3.63, 3.8) is 0 Å². The van der Waals surface area contributed by atoms with Crippen LogP contribution in [0, 0.1) is 22.7 Å². The third-order valence-electron chi connectivity index (χ3n) is 10.8. The van der Waals surface area contributed by atoms with E-state index < -0.39 is 5.91 Å². The Balaban J connectivity index is 1.25. The van der Waals surface area contributed by atoms with Gasteiger partial charge < -0.3 is 9.88 Å². The lowest BCUT2D eigenvalue weighted by Gasteiger charge is -2.18. The highest BCUT2D eigenvalue weighted by atomic mass is 16.2. The van der Waals surface area contributed by atoms with Crippen molar-refractivity contribution in [1.82, 2.24) is 4.57 Å². The molecule has 0 aliphatic carbocycles. The van der Waals surface area contributed by atoms with E-state index in [4.69, 9.17) is 0 Å². The lowest BCUT2D eigenvalue weighted by Crippen LogP contribution is -2.18. The van der Waals surface area contributed by atoms with E-state index in [0.29, 0.717) is 22.5 Å². The molecule has 59 heavy (non-hydrogen) atoms. The van der Waals surface area contributed by atoms with Gasteiger partial charge in [0, 0.05) is 22.0 Å². The quantitative estimate of drug-likeness (QED) is 0.156. The number of anilines is 1. The first-order valence-corrected chi connectivity index (χ1v) is 19.2. The highest BCUT2D eigenvalue weighted by Gasteiger charge is 2.24. The van der Waals surface area contributed by atoms with Crippen LogP contribution in [0.15, 0.2) is 182 Å². The molecule has 1 N–H and O–H groups in total. The Hall–Kier alpha value is -8.32. The third-order valence-corrected chi connectivity index (χ3v) is 10.8. The van der Waals surface area contributed by atoms with Crippen molar-refractivity contribution in [3.05, 3.63) is 204 Å². The van der Waals surface area contributed by atoms with Crippen molar-refractivity contribution in [2.75, 3.05) is 5.32 Å². The summed E-state index contributed by atoms with van der Waals surface area (Å²) in [6, 6.07) is 63.1. The minimum absolute atomic E-state index is 0.241. The van der Waals surface area contributed by atoms with E-state index in [1.54, 1.807) is 18.2 Å². The van der Waals surface area contributed by atoms with Crippen LogP contribution in [0.25, 0.3) is 72.0 Å². The number of nitriles is 2. The molecule has 6 heteroatoms. The van der Waals surface area contributed by atoms with Gasteiger partial charge in [0.1, 0.15) is 0 Å². The molecule has 1 aromatic heterocycles. The number of benzene rings is 8. The van der Waals surface area contributed by atoms with Crippen molar-refractivity contribution in [2.24, 2.45) is 0 Å². The first kappa shape index (κ1) is 36.3. The van der Waals surface area contributed by atoms with E-state index in [1.807, 2.05) is 140 Å². The molecule has 278 valence electrons. The molecule has 0 aliphatic heterocycles. The van der Waals surface area contributed by atoms with E-state index in [2.05, 4.69) is 46.3 Å². The number of Topliss-reactive ketones (excluding diaryl/α,β-unsaturated/α-hetero) is 1. The van der Waals surface area contributed by atoms with Crippen LogP contribution in [-0.4, -0.2) is 16.3 Å².